The van der Waals surface area contributed by atoms with E-state index in [-0.39, 0.29) is 30.6 Å². The Bertz CT molecular complexity index is 2600. The van der Waals surface area contributed by atoms with Crippen LogP contribution < -0.4 is 45.6 Å². The van der Waals surface area contributed by atoms with Crippen LogP contribution in [0.25, 0.3) is 0 Å². The fourth-order valence-corrected chi connectivity index (χ4v) is 8.33. The van der Waals surface area contributed by atoms with Crippen LogP contribution in [0.5, 0.6) is 5.75 Å². The zero-order valence-electron chi connectivity index (χ0n) is 38.2. The minimum atomic E-state index is -0.322. The SMILES string of the molecule is CCNc1ncc2c(n1)N(C)CCN(c1ccccc1COC(CNC)c1ccc(N3CCN(c4ccccc4OC(CNC)c4ccccc4)C(=O)c4cnc(NCC)nc43)cc1)C2=O. The maximum absolute atomic E-state index is 14.7. The molecule has 0 saturated heterocycles. The van der Waals surface area contributed by atoms with Gasteiger partial charge < -0.3 is 50.3 Å². The number of amides is 2. The summed E-state index contributed by atoms with van der Waals surface area (Å²) in [5.74, 6) is 2.27. The molecule has 0 aliphatic carbocycles. The van der Waals surface area contributed by atoms with Gasteiger partial charge in [-0.1, -0.05) is 72.8 Å². The molecule has 4 heterocycles. The predicted molar refractivity (Wildman–Crippen MR) is 261 cm³/mol. The van der Waals surface area contributed by atoms with Crippen molar-refractivity contribution >= 4 is 52.4 Å². The van der Waals surface area contributed by atoms with Gasteiger partial charge in [0.25, 0.3) is 11.8 Å². The van der Waals surface area contributed by atoms with E-state index in [0.29, 0.717) is 98.5 Å². The van der Waals surface area contributed by atoms with Crippen LogP contribution in [0.3, 0.4) is 0 Å². The second kappa shape index (κ2) is 21.2. The summed E-state index contributed by atoms with van der Waals surface area (Å²) in [7, 11) is 5.74. The van der Waals surface area contributed by atoms with Crippen LogP contribution >= 0.6 is 0 Å². The second-order valence-electron chi connectivity index (χ2n) is 16.0. The quantitative estimate of drug-likeness (QED) is 0.0709. The number of benzene rings is 4. The fourth-order valence-electron chi connectivity index (χ4n) is 8.33. The van der Waals surface area contributed by atoms with E-state index in [2.05, 4.69) is 53.3 Å². The highest BCUT2D eigenvalue weighted by molar-refractivity contribution is 6.11. The minimum absolute atomic E-state index is 0.159. The Labute approximate surface area is 386 Å². The summed E-state index contributed by atoms with van der Waals surface area (Å²) >= 11 is 0. The van der Waals surface area contributed by atoms with Gasteiger partial charge in [-0.05, 0) is 69.4 Å². The van der Waals surface area contributed by atoms with Crippen LogP contribution in [0.15, 0.2) is 116 Å². The average Bonchev–Trinajstić information content (AvgIpc) is 3.56. The van der Waals surface area contributed by atoms with Gasteiger partial charge in [0.05, 0.1) is 18.4 Å². The first-order valence-electron chi connectivity index (χ1n) is 22.5. The molecule has 342 valence electrons. The number of hydrogen-bond donors (Lipinski definition) is 4. The normalized spacial score (nSPS) is 14.8. The third-order valence-electron chi connectivity index (χ3n) is 11.7. The van der Waals surface area contributed by atoms with Gasteiger partial charge in [0.15, 0.2) is 5.82 Å². The molecule has 2 atom stereocenters. The fraction of sp³-hybridized carbons (Fsp3) is 0.320. The number of ether oxygens (including phenoxy) is 2. The number of hydrogen-bond acceptors (Lipinski definition) is 14. The third-order valence-corrected chi connectivity index (χ3v) is 11.7. The van der Waals surface area contributed by atoms with E-state index in [0.717, 1.165) is 28.1 Å². The molecule has 4 N–H and O–H groups in total. The lowest BCUT2D eigenvalue weighted by Gasteiger charge is -2.27. The Balaban J connectivity index is 1.04. The van der Waals surface area contributed by atoms with Crippen molar-refractivity contribution in [1.82, 2.24) is 30.6 Å². The van der Waals surface area contributed by atoms with Crippen molar-refractivity contribution in [3.05, 3.63) is 143 Å². The van der Waals surface area contributed by atoms with E-state index in [1.165, 1.54) is 0 Å². The smallest absolute Gasteiger partial charge is 0.263 e. The summed E-state index contributed by atoms with van der Waals surface area (Å²) in [5, 5.41) is 12.9. The molecule has 16 nitrogen and oxygen atoms in total. The highest BCUT2D eigenvalue weighted by Crippen LogP contribution is 2.38. The van der Waals surface area contributed by atoms with Gasteiger partial charge >= 0.3 is 0 Å². The molecule has 0 fully saturated rings. The number of carbonyl (C=O) groups excluding carboxylic acids is 2. The zero-order chi connectivity index (χ0) is 46.0. The molecule has 2 amide bonds. The maximum atomic E-state index is 14.7. The molecule has 8 rings (SSSR count). The summed E-state index contributed by atoms with van der Waals surface area (Å²) < 4.78 is 13.4. The first-order valence-corrected chi connectivity index (χ1v) is 22.5. The molecule has 4 aromatic carbocycles. The molecule has 2 aliphatic rings. The van der Waals surface area contributed by atoms with Crippen LogP contribution in [0, 0.1) is 0 Å². The number of nitrogens with one attached hydrogen (secondary N) is 4. The largest absolute Gasteiger partial charge is 0.482 e. The maximum Gasteiger partial charge on any atom is 0.263 e. The third kappa shape index (κ3) is 9.90. The molecule has 0 radical (unpaired) electrons. The number of aromatic nitrogens is 4. The zero-order valence-corrected chi connectivity index (χ0v) is 38.2. The number of carbonyl (C=O) groups is 2. The van der Waals surface area contributed by atoms with Crippen molar-refractivity contribution in [3.63, 3.8) is 0 Å². The van der Waals surface area contributed by atoms with Gasteiger partial charge in [0, 0.05) is 88.7 Å². The molecule has 16 heteroatoms. The Hall–Kier alpha value is -7.14. The highest BCUT2D eigenvalue weighted by Gasteiger charge is 2.33. The molecule has 0 spiro atoms. The van der Waals surface area contributed by atoms with Crippen molar-refractivity contribution in [2.75, 3.05) is 104 Å². The van der Waals surface area contributed by atoms with Gasteiger partial charge in [-0.25, -0.2) is 9.97 Å². The Morgan fingerprint density at radius 2 is 1.15 bits per heavy atom. The lowest BCUT2D eigenvalue weighted by Crippen LogP contribution is -2.34. The number of nitrogens with zero attached hydrogens (tertiary/aromatic N) is 8. The first-order chi connectivity index (χ1) is 32.3. The molecular weight excluding hydrogens is 833 g/mol. The molecule has 0 bridgehead atoms. The Kier molecular flexibility index (Phi) is 14.6. The average molecular weight is 891 g/mol. The Morgan fingerprint density at radius 3 is 1.83 bits per heavy atom. The van der Waals surface area contributed by atoms with Gasteiger partial charge in [-0.2, -0.15) is 9.97 Å². The molecule has 2 aromatic heterocycles. The van der Waals surface area contributed by atoms with Gasteiger partial charge in [-0.3, -0.25) is 9.59 Å². The van der Waals surface area contributed by atoms with Crippen LogP contribution in [0.4, 0.5) is 40.6 Å². The van der Waals surface area contributed by atoms with Crippen molar-refractivity contribution in [2.24, 2.45) is 0 Å². The van der Waals surface area contributed by atoms with Crippen LogP contribution in [0.2, 0.25) is 0 Å². The number of para-hydroxylation sites is 3. The van der Waals surface area contributed by atoms with Gasteiger partial charge in [0.1, 0.15) is 28.8 Å². The molecule has 6 aromatic rings. The van der Waals surface area contributed by atoms with E-state index in [1.807, 2.05) is 131 Å². The highest BCUT2D eigenvalue weighted by atomic mass is 16.5. The van der Waals surface area contributed by atoms with Crippen LogP contribution in [-0.2, 0) is 11.3 Å². The lowest BCUT2D eigenvalue weighted by atomic mass is 10.1. The van der Waals surface area contributed by atoms with Gasteiger partial charge in [-0.15, -0.1) is 0 Å². The number of rotatable bonds is 18. The van der Waals surface area contributed by atoms with Crippen LogP contribution in [0.1, 0.15) is 63.5 Å². The summed E-state index contributed by atoms with van der Waals surface area (Å²) in [4.78, 5) is 54.9. The van der Waals surface area contributed by atoms with E-state index in [9.17, 15) is 9.59 Å². The second-order valence-corrected chi connectivity index (χ2v) is 16.0. The minimum Gasteiger partial charge on any atom is -0.482 e. The molecule has 2 aliphatic heterocycles. The number of fused-ring (bicyclic) bond motifs is 2. The molecular formula is C50H58N12O4. The summed E-state index contributed by atoms with van der Waals surface area (Å²) in [5.41, 5.74) is 6.01. The Morgan fingerprint density at radius 1 is 0.606 bits per heavy atom. The predicted octanol–water partition coefficient (Wildman–Crippen LogP) is 6.84. The van der Waals surface area contributed by atoms with E-state index in [1.54, 1.807) is 22.2 Å². The van der Waals surface area contributed by atoms with Gasteiger partial charge in [0.2, 0.25) is 11.9 Å². The first kappa shape index (κ1) is 45.4. The summed E-state index contributed by atoms with van der Waals surface area (Å²) in [6.45, 7) is 8.51. The standard InChI is InChI=1S/C50H58N12O4/c1-6-53-49-55-29-38-45(57-49)59(5)25-26-61(47(38)63)40-18-12-11-17-36(40)33-65-43(31-51-3)35-21-23-37(24-22-35)60-27-28-62(48(64)39-30-56-50(54-7-2)58-46(39)60)41-19-13-14-20-42(41)66-44(32-52-4)34-15-9-8-10-16-34/h8-24,29-30,43-44,51-52H,6-7,25-28,31-33H2,1-5H3,(H,53,55,57)(H,54,56,58). The summed E-state index contributed by atoms with van der Waals surface area (Å²) in [6, 6.07) is 33.8. The van der Waals surface area contributed by atoms with Crippen LogP contribution in [-0.4, -0.2) is 105 Å². The van der Waals surface area contributed by atoms with Crippen molar-refractivity contribution in [1.29, 1.82) is 0 Å². The molecule has 66 heavy (non-hydrogen) atoms. The number of likely N-dealkylation sites (N-methyl/N-ethyl adjacent to an activating group) is 3. The van der Waals surface area contributed by atoms with E-state index >= 15 is 0 Å². The summed E-state index contributed by atoms with van der Waals surface area (Å²) in [6.07, 6.45) is 2.61. The van der Waals surface area contributed by atoms with E-state index in [4.69, 9.17) is 14.5 Å². The monoisotopic (exact) mass is 890 g/mol. The molecule has 0 saturated carbocycles. The van der Waals surface area contributed by atoms with E-state index < -0.39 is 0 Å². The number of anilines is 7. The van der Waals surface area contributed by atoms with Crippen molar-refractivity contribution in [3.8, 4) is 5.75 Å². The topological polar surface area (TPSA) is 165 Å². The van der Waals surface area contributed by atoms with Crippen molar-refractivity contribution in [2.45, 2.75) is 32.7 Å². The van der Waals surface area contributed by atoms with Crippen molar-refractivity contribution < 1.29 is 19.1 Å². The lowest BCUT2D eigenvalue weighted by molar-refractivity contribution is 0.0412. The molecule has 2 unspecified atom stereocenters.